The van der Waals surface area contributed by atoms with Crippen molar-refractivity contribution in [2.24, 2.45) is 5.73 Å². The van der Waals surface area contributed by atoms with Crippen LogP contribution >= 0.6 is 0 Å². The van der Waals surface area contributed by atoms with Gasteiger partial charge in [0.15, 0.2) is 0 Å². The second-order valence-electron chi connectivity index (χ2n) is 7.77. The molecule has 24 heavy (non-hydrogen) atoms. The van der Waals surface area contributed by atoms with Crippen molar-refractivity contribution < 1.29 is 14.1 Å². The van der Waals surface area contributed by atoms with Crippen LogP contribution in [0.15, 0.2) is 24.4 Å². The first-order valence-electron chi connectivity index (χ1n) is 8.33. The van der Waals surface area contributed by atoms with E-state index in [0.717, 1.165) is 16.4 Å². The first-order chi connectivity index (χ1) is 11.0. The summed E-state index contributed by atoms with van der Waals surface area (Å²) in [5.74, 6) is -0.445. The first-order valence-corrected chi connectivity index (χ1v) is 8.33. The molecule has 1 aromatic heterocycles. The summed E-state index contributed by atoms with van der Waals surface area (Å²) >= 11 is 0. The molecule has 2 N–H and O–H groups in total. The summed E-state index contributed by atoms with van der Waals surface area (Å²) in [7, 11) is -0.520. The molecule has 0 atom stereocenters. The average molecular weight is 328 g/mol. The number of carbonyl (C=O) groups is 1. The zero-order valence-electron chi connectivity index (χ0n) is 15.2. The van der Waals surface area contributed by atoms with Gasteiger partial charge in [-0.05, 0) is 65.2 Å². The van der Waals surface area contributed by atoms with Crippen LogP contribution in [0.4, 0.5) is 0 Å². The van der Waals surface area contributed by atoms with E-state index in [0.29, 0.717) is 5.56 Å². The van der Waals surface area contributed by atoms with Gasteiger partial charge in [-0.15, -0.1) is 0 Å². The molecule has 2 heterocycles. The predicted octanol–water partition coefficient (Wildman–Crippen LogP) is 2.62. The molecule has 3 rings (SSSR count). The Bertz CT molecular complexity index is 792. The van der Waals surface area contributed by atoms with E-state index in [1.54, 1.807) is 6.07 Å². The normalized spacial score (nSPS) is 19.4. The summed E-state index contributed by atoms with van der Waals surface area (Å²) in [5, 5.41) is 0.858. The monoisotopic (exact) mass is 328 g/mol. The minimum absolute atomic E-state index is 0.275. The van der Waals surface area contributed by atoms with Crippen LogP contribution in [0.3, 0.4) is 0 Å². The average Bonchev–Trinajstić information content (AvgIpc) is 2.96. The number of benzene rings is 1. The summed E-state index contributed by atoms with van der Waals surface area (Å²) in [4.78, 5) is 11.9. The molecule has 0 radical (unpaired) electrons. The quantitative estimate of drug-likeness (QED) is 0.881. The van der Waals surface area contributed by atoms with Gasteiger partial charge in [0.05, 0.1) is 11.2 Å². The summed E-state index contributed by atoms with van der Waals surface area (Å²) in [6, 6.07) is 6.03. The maximum atomic E-state index is 11.9. The summed E-state index contributed by atoms with van der Waals surface area (Å²) in [6.45, 7) is 12.2. The Morgan fingerprint density at radius 3 is 2.25 bits per heavy atom. The molecule has 1 aromatic carbocycles. The minimum Gasteiger partial charge on any atom is -0.399 e. The fraction of sp³-hybridized carbons (Fsp3) is 0.500. The highest BCUT2D eigenvalue weighted by atomic mass is 16.7. The van der Waals surface area contributed by atoms with Gasteiger partial charge in [-0.3, -0.25) is 4.79 Å². The van der Waals surface area contributed by atoms with Crippen molar-refractivity contribution in [1.82, 2.24) is 4.57 Å². The number of aromatic nitrogens is 1. The lowest BCUT2D eigenvalue weighted by Gasteiger charge is -2.32. The summed E-state index contributed by atoms with van der Waals surface area (Å²) in [6.07, 6.45) is 1.98. The highest BCUT2D eigenvalue weighted by Crippen LogP contribution is 2.37. The lowest BCUT2D eigenvalue weighted by Crippen LogP contribution is -2.41. The minimum atomic E-state index is -0.520. The van der Waals surface area contributed by atoms with Crippen LogP contribution in [0.1, 0.15) is 57.9 Å². The number of rotatable bonds is 3. The van der Waals surface area contributed by atoms with Crippen molar-refractivity contribution in [3.05, 3.63) is 30.0 Å². The number of fused-ring (bicyclic) bond motifs is 1. The molecule has 1 saturated heterocycles. The molecule has 5 nitrogen and oxygen atoms in total. The molecular formula is C18H25BN2O3. The third-order valence-corrected chi connectivity index (χ3v) is 5.21. The molecule has 1 aliphatic rings. The van der Waals surface area contributed by atoms with E-state index in [4.69, 9.17) is 15.0 Å². The zero-order valence-corrected chi connectivity index (χ0v) is 15.2. The van der Waals surface area contributed by atoms with Crippen LogP contribution in [0, 0.1) is 0 Å². The Labute approximate surface area is 143 Å². The van der Waals surface area contributed by atoms with Gasteiger partial charge in [-0.1, -0.05) is 0 Å². The van der Waals surface area contributed by atoms with Crippen molar-refractivity contribution in [1.29, 1.82) is 0 Å². The largest absolute Gasteiger partial charge is 0.494 e. The molecule has 6 heteroatoms. The van der Waals surface area contributed by atoms with Crippen LogP contribution in [0.5, 0.6) is 0 Å². The van der Waals surface area contributed by atoms with E-state index in [1.807, 2.05) is 46.0 Å². The number of amides is 1. The molecule has 2 aromatic rings. The molecule has 0 unspecified atom stereocenters. The van der Waals surface area contributed by atoms with Gasteiger partial charge < -0.3 is 19.6 Å². The maximum Gasteiger partial charge on any atom is 0.494 e. The SMILES string of the molecule is CC(C)n1ccc2c(C(N)=O)cc(B3OC(C)(C)C(C)(C)O3)cc21. The predicted molar refractivity (Wildman–Crippen MR) is 96.6 cm³/mol. The van der Waals surface area contributed by atoms with Crippen LogP contribution in [0.25, 0.3) is 10.9 Å². The Kier molecular flexibility index (Phi) is 3.81. The lowest BCUT2D eigenvalue weighted by atomic mass is 9.77. The molecule has 1 amide bonds. The van der Waals surface area contributed by atoms with Crippen molar-refractivity contribution in [2.75, 3.05) is 0 Å². The number of primary amides is 1. The molecule has 0 saturated carbocycles. The van der Waals surface area contributed by atoms with Crippen LogP contribution in [-0.4, -0.2) is 28.8 Å². The molecule has 128 valence electrons. The third-order valence-electron chi connectivity index (χ3n) is 5.21. The van der Waals surface area contributed by atoms with Crippen LogP contribution < -0.4 is 11.2 Å². The van der Waals surface area contributed by atoms with Crippen LogP contribution in [-0.2, 0) is 9.31 Å². The molecule has 1 fully saturated rings. The molecule has 0 aliphatic carbocycles. The highest BCUT2D eigenvalue weighted by molar-refractivity contribution is 6.62. The molecule has 0 spiro atoms. The molecule has 1 aliphatic heterocycles. The molecular weight excluding hydrogens is 303 g/mol. The van der Waals surface area contributed by atoms with Crippen molar-refractivity contribution >= 4 is 29.4 Å². The second-order valence-corrected chi connectivity index (χ2v) is 7.77. The van der Waals surface area contributed by atoms with E-state index in [2.05, 4.69) is 18.4 Å². The van der Waals surface area contributed by atoms with E-state index in [9.17, 15) is 4.79 Å². The number of nitrogens with two attached hydrogens (primary N) is 1. The maximum absolute atomic E-state index is 11.9. The van der Waals surface area contributed by atoms with Gasteiger partial charge in [0.2, 0.25) is 5.91 Å². The number of carbonyl (C=O) groups excluding carboxylic acids is 1. The number of hydrogen-bond acceptors (Lipinski definition) is 3. The Morgan fingerprint density at radius 2 is 1.75 bits per heavy atom. The smallest absolute Gasteiger partial charge is 0.399 e. The molecule has 0 bridgehead atoms. The van der Waals surface area contributed by atoms with Gasteiger partial charge in [0.1, 0.15) is 0 Å². The summed E-state index contributed by atoms with van der Waals surface area (Å²) < 4.78 is 14.4. The van der Waals surface area contributed by atoms with Gasteiger partial charge in [-0.2, -0.15) is 0 Å². The van der Waals surface area contributed by atoms with Crippen molar-refractivity contribution in [2.45, 2.75) is 58.8 Å². The third kappa shape index (κ3) is 2.54. The Hall–Kier alpha value is -1.79. The standard InChI is InChI=1S/C18H25BN2O3/c1-11(2)21-8-7-13-14(16(20)22)9-12(10-15(13)21)19-23-17(3,4)18(5,6)24-19/h7-11H,1-6H3,(H2,20,22). The Balaban J connectivity index is 2.16. The summed E-state index contributed by atoms with van der Waals surface area (Å²) in [5.41, 5.74) is 7.02. The Morgan fingerprint density at radius 1 is 1.17 bits per heavy atom. The number of hydrogen-bond donors (Lipinski definition) is 1. The lowest BCUT2D eigenvalue weighted by molar-refractivity contribution is 0.00578. The van der Waals surface area contributed by atoms with Gasteiger partial charge in [0.25, 0.3) is 0 Å². The first kappa shape index (κ1) is 17.1. The second kappa shape index (κ2) is 5.36. The van der Waals surface area contributed by atoms with E-state index < -0.39 is 24.2 Å². The van der Waals surface area contributed by atoms with E-state index in [1.165, 1.54) is 0 Å². The fourth-order valence-corrected chi connectivity index (χ4v) is 3.05. The van der Waals surface area contributed by atoms with Crippen LogP contribution in [0.2, 0.25) is 0 Å². The fourth-order valence-electron chi connectivity index (χ4n) is 3.05. The van der Waals surface area contributed by atoms with Crippen molar-refractivity contribution in [3.63, 3.8) is 0 Å². The number of nitrogens with zero attached hydrogens (tertiary/aromatic N) is 1. The topological polar surface area (TPSA) is 66.5 Å². The van der Waals surface area contributed by atoms with Crippen molar-refractivity contribution in [3.8, 4) is 0 Å². The van der Waals surface area contributed by atoms with E-state index >= 15 is 0 Å². The van der Waals surface area contributed by atoms with E-state index in [-0.39, 0.29) is 6.04 Å². The zero-order chi connectivity index (χ0) is 17.9. The highest BCUT2D eigenvalue weighted by Gasteiger charge is 2.51. The van der Waals surface area contributed by atoms with Gasteiger partial charge >= 0.3 is 7.12 Å². The van der Waals surface area contributed by atoms with Gasteiger partial charge in [-0.25, -0.2) is 0 Å². The van der Waals surface area contributed by atoms with Gasteiger partial charge in [0, 0.05) is 28.7 Å².